The van der Waals surface area contributed by atoms with Gasteiger partial charge in [0.2, 0.25) is 10.0 Å². The predicted molar refractivity (Wildman–Crippen MR) is 110 cm³/mol. The van der Waals surface area contributed by atoms with E-state index in [0.29, 0.717) is 10.6 Å². The fourth-order valence-corrected chi connectivity index (χ4v) is 4.87. The molecule has 0 aliphatic heterocycles. The van der Waals surface area contributed by atoms with Crippen LogP contribution in [0.15, 0.2) is 29.2 Å². The van der Waals surface area contributed by atoms with Crippen molar-refractivity contribution >= 4 is 38.2 Å². The molecule has 0 radical (unpaired) electrons. The number of nitrogens with zero attached hydrogens (tertiary/aromatic N) is 1. The normalized spacial score (nSPS) is 11.7. The van der Waals surface area contributed by atoms with E-state index in [4.69, 9.17) is 4.74 Å². The lowest BCUT2D eigenvalue weighted by atomic mass is 10.1. The second-order valence-electron chi connectivity index (χ2n) is 6.57. The maximum atomic E-state index is 12.6. The third-order valence-electron chi connectivity index (χ3n) is 4.52. The van der Waals surface area contributed by atoms with Crippen LogP contribution in [0.3, 0.4) is 0 Å². The Kier molecular flexibility index (Phi) is 6.63. The molecule has 28 heavy (non-hydrogen) atoms. The van der Waals surface area contributed by atoms with E-state index in [-0.39, 0.29) is 16.5 Å². The number of carbonyl (C=O) groups excluding carboxylic acids is 2. The van der Waals surface area contributed by atoms with E-state index in [2.05, 4.69) is 5.32 Å². The first-order valence-corrected chi connectivity index (χ1v) is 10.8. The molecule has 1 aromatic carbocycles. The molecular weight excluding hydrogens is 400 g/mol. The minimum Gasteiger partial charge on any atom is -0.465 e. The minimum atomic E-state index is -3.62. The van der Waals surface area contributed by atoms with Gasteiger partial charge in [-0.05, 0) is 57.5 Å². The van der Waals surface area contributed by atoms with Crippen molar-refractivity contribution in [3.63, 3.8) is 0 Å². The number of nitrogens with one attached hydrogen (secondary N) is 1. The van der Waals surface area contributed by atoms with Gasteiger partial charge in [-0.25, -0.2) is 13.2 Å². The number of hydrogen-bond acceptors (Lipinski definition) is 6. The summed E-state index contributed by atoms with van der Waals surface area (Å²) in [6.45, 7) is 7.21. The van der Waals surface area contributed by atoms with E-state index in [1.165, 1.54) is 54.1 Å². The van der Waals surface area contributed by atoms with Gasteiger partial charge in [-0.15, -0.1) is 11.3 Å². The molecule has 7 nitrogen and oxygen atoms in total. The fraction of sp³-hybridized carbons (Fsp3) is 0.368. The number of ether oxygens (including phenoxy) is 1. The summed E-state index contributed by atoms with van der Waals surface area (Å²) in [4.78, 5) is 25.6. The first-order chi connectivity index (χ1) is 13.0. The summed E-state index contributed by atoms with van der Waals surface area (Å²) < 4.78 is 31.1. The lowest BCUT2D eigenvalue weighted by molar-refractivity contribution is 0.0601. The molecule has 0 unspecified atom stereocenters. The van der Waals surface area contributed by atoms with E-state index < -0.39 is 21.9 Å². The van der Waals surface area contributed by atoms with Crippen molar-refractivity contribution < 1.29 is 22.7 Å². The number of sulfonamides is 1. The molecule has 0 atom stereocenters. The third kappa shape index (κ3) is 4.26. The number of benzene rings is 1. The van der Waals surface area contributed by atoms with Crippen LogP contribution >= 0.6 is 11.3 Å². The van der Waals surface area contributed by atoms with E-state index in [1.54, 1.807) is 20.8 Å². The highest BCUT2D eigenvalue weighted by Crippen LogP contribution is 2.33. The summed E-state index contributed by atoms with van der Waals surface area (Å²) in [5, 5.41) is 3.13. The summed E-state index contributed by atoms with van der Waals surface area (Å²) in [5.74, 6) is -0.956. The number of thiophene rings is 1. The second kappa shape index (κ2) is 8.42. The largest absolute Gasteiger partial charge is 0.465 e. The van der Waals surface area contributed by atoms with Gasteiger partial charge in [0.25, 0.3) is 5.91 Å². The van der Waals surface area contributed by atoms with Gasteiger partial charge in [0.1, 0.15) is 5.00 Å². The highest BCUT2D eigenvalue weighted by Gasteiger charge is 2.24. The van der Waals surface area contributed by atoms with Gasteiger partial charge in [-0.1, -0.05) is 0 Å². The number of rotatable bonds is 6. The Bertz CT molecular complexity index is 992. The van der Waals surface area contributed by atoms with Crippen molar-refractivity contribution in [1.82, 2.24) is 4.31 Å². The van der Waals surface area contributed by atoms with Crippen molar-refractivity contribution in [3.8, 4) is 0 Å². The van der Waals surface area contributed by atoms with Crippen LogP contribution in [0.5, 0.6) is 0 Å². The van der Waals surface area contributed by atoms with Gasteiger partial charge in [0.15, 0.2) is 0 Å². The van der Waals surface area contributed by atoms with Crippen LogP contribution in [0.2, 0.25) is 0 Å². The summed E-state index contributed by atoms with van der Waals surface area (Å²) in [6.07, 6.45) is 0. The maximum absolute atomic E-state index is 12.6. The summed E-state index contributed by atoms with van der Waals surface area (Å²) in [6, 6.07) is 5.50. The Morgan fingerprint density at radius 2 is 1.71 bits per heavy atom. The van der Waals surface area contributed by atoms with E-state index in [1.807, 2.05) is 6.92 Å². The molecule has 1 aromatic heterocycles. The van der Waals surface area contributed by atoms with E-state index >= 15 is 0 Å². The number of anilines is 1. The molecule has 0 spiro atoms. The van der Waals surface area contributed by atoms with Gasteiger partial charge < -0.3 is 10.1 Å². The van der Waals surface area contributed by atoms with Crippen molar-refractivity contribution in [2.24, 2.45) is 0 Å². The van der Waals surface area contributed by atoms with Crippen LogP contribution < -0.4 is 5.32 Å². The quantitative estimate of drug-likeness (QED) is 0.717. The zero-order chi connectivity index (χ0) is 21.2. The average molecular weight is 425 g/mol. The van der Waals surface area contributed by atoms with Crippen LogP contribution in [0.25, 0.3) is 0 Å². The zero-order valence-corrected chi connectivity index (χ0v) is 18.3. The number of hydrogen-bond donors (Lipinski definition) is 1. The van der Waals surface area contributed by atoms with Crippen LogP contribution in [-0.4, -0.2) is 44.8 Å². The first kappa shape index (κ1) is 22.1. The van der Waals surface area contributed by atoms with Crippen molar-refractivity contribution in [3.05, 3.63) is 45.8 Å². The molecule has 0 bridgehead atoms. The van der Waals surface area contributed by atoms with Gasteiger partial charge in [-0.3, -0.25) is 4.79 Å². The minimum absolute atomic E-state index is 0.110. The van der Waals surface area contributed by atoms with Gasteiger partial charge >= 0.3 is 5.97 Å². The summed E-state index contributed by atoms with van der Waals surface area (Å²) in [5.41, 5.74) is 1.37. The van der Waals surface area contributed by atoms with Gasteiger partial charge in [-0.2, -0.15) is 4.31 Å². The molecule has 9 heteroatoms. The molecule has 2 aromatic rings. The first-order valence-electron chi connectivity index (χ1n) is 8.58. The van der Waals surface area contributed by atoms with Crippen LogP contribution in [0.4, 0.5) is 5.00 Å². The van der Waals surface area contributed by atoms with Gasteiger partial charge in [0.05, 0.1) is 17.6 Å². The average Bonchev–Trinajstić information content (AvgIpc) is 2.93. The Hall–Kier alpha value is -2.23. The number of carbonyl (C=O) groups is 2. The number of esters is 1. The molecule has 2 rings (SSSR count). The lowest BCUT2D eigenvalue weighted by Gasteiger charge is -2.21. The highest BCUT2D eigenvalue weighted by molar-refractivity contribution is 7.89. The molecule has 0 aliphatic carbocycles. The Labute approximate surface area is 169 Å². The topological polar surface area (TPSA) is 92.8 Å². The molecule has 1 heterocycles. The predicted octanol–water partition coefficient (Wildman–Crippen LogP) is 3.43. The molecule has 152 valence electrons. The Morgan fingerprint density at radius 3 is 2.21 bits per heavy atom. The summed E-state index contributed by atoms with van der Waals surface area (Å²) >= 11 is 1.29. The van der Waals surface area contributed by atoms with Gasteiger partial charge in [0, 0.05) is 23.5 Å². The molecule has 1 N–H and O–H groups in total. The molecule has 0 aliphatic rings. The van der Waals surface area contributed by atoms with E-state index in [9.17, 15) is 18.0 Å². The molecule has 0 saturated carbocycles. The number of amides is 1. The summed E-state index contributed by atoms with van der Waals surface area (Å²) in [7, 11) is -0.825. The smallest absolute Gasteiger partial charge is 0.341 e. The van der Waals surface area contributed by atoms with Crippen molar-refractivity contribution in [1.29, 1.82) is 0 Å². The van der Waals surface area contributed by atoms with Crippen LogP contribution in [0.1, 0.15) is 45.0 Å². The number of methoxy groups -OCH3 is 1. The van der Waals surface area contributed by atoms with Crippen molar-refractivity contribution in [2.75, 3.05) is 19.5 Å². The molecular formula is C19H24N2O5S2. The third-order valence-corrected chi connectivity index (χ3v) is 7.69. The molecule has 0 fully saturated rings. The molecule has 0 saturated heterocycles. The Morgan fingerprint density at radius 1 is 1.14 bits per heavy atom. The molecule has 1 amide bonds. The van der Waals surface area contributed by atoms with Crippen LogP contribution in [-0.2, 0) is 14.8 Å². The van der Waals surface area contributed by atoms with Crippen molar-refractivity contribution in [2.45, 2.75) is 38.6 Å². The van der Waals surface area contributed by atoms with Crippen LogP contribution in [0, 0.1) is 13.8 Å². The monoisotopic (exact) mass is 424 g/mol. The zero-order valence-electron chi connectivity index (χ0n) is 16.7. The number of aryl methyl sites for hydroxylation is 1. The maximum Gasteiger partial charge on any atom is 0.341 e. The fourth-order valence-electron chi connectivity index (χ4n) is 2.46. The second-order valence-corrected chi connectivity index (χ2v) is 9.79. The SMILES string of the molecule is COC(=O)c1c(NC(=O)c2ccc(S(=O)(=O)N(C)C(C)C)cc2)sc(C)c1C. The lowest BCUT2D eigenvalue weighted by Crippen LogP contribution is -2.33. The Balaban J connectivity index is 2.28. The highest BCUT2D eigenvalue weighted by atomic mass is 32.2. The van der Waals surface area contributed by atoms with E-state index in [0.717, 1.165) is 10.4 Å². The standard InChI is InChI=1S/C19H24N2O5S2/c1-11(2)21(5)28(24,25)15-9-7-14(8-10-15)17(22)20-18-16(19(23)26-6)12(3)13(4)27-18/h7-11H,1-6H3,(H,20,22).